The van der Waals surface area contributed by atoms with Crippen molar-refractivity contribution in [3.05, 3.63) is 47.4 Å². The first-order valence-electron chi connectivity index (χ1n) is 5.30. The lowest BCUT2D eigenvalue weighted by molar-refractivity contribution is 1.08. The minimum atomic E-state index is 0.808. The van der Waals surface area contributed by atoms with Gasteiger partial charge in [0.15, 0.2) is 0 Å². The Bertz CT molecular complexity index is 323. The van der Waals surface area contributed by atoms with Crippen LogP contribution >= 0.6 is 0 Å². The molecule has 14 heavy (non-hydrogen) atoms. The highest BCUT2D eigenvalue weighted by Gasteiger charge is 2.26. The van der Waals surface area contributed by atoms with Gasteiger partial charge in [0.05, 0.1) is 0 Å². The van der Waals surface area contributed by atoms with Crippen LogP contribution in [0, 0.1) is 5.92 Å². The van der Waals surface area contributed by atoms with Crippen molar-refractivity contribution in [1.82, 2.24) is 0 Å². The predicted molar refractivity (Wildman–Crippen MR) is 62.2 cm³/mol. The molecule has 0 atom stereocenters. The number of hydrogen-bond acceptors (Lipinski definition) is 0. The van der Waals surface area contributed by atoms with Gasteiger partial charge in [0.25, 0.3) is 0 Å². The van der Waals surface area contributed by atoms with Crippen LogP contribution in [0.2, 0.25) is 0 Å². The monoisotopic (exact) mass is 185 g/mol. The summed E-state index contributed by atoms with van der Waals surface area (Å²) in [6, 6.07) is 6.61. The molecule has 0 saturated heterocycles. The average Bonchev–Trinajstić information content (AvgIpc) is 2.99. The summed E-state index contributed by atoms with van der Waals surface area (Å²) < 4.78 is 0. The molecule has 0 aromatic heterocycles. The molecule has 0 N–H and O–H groups in total. The molecule has 0 nitrogen and oxygen atoms in total. The van der Waals surface area contributed by atoms with Crippen LogP contribution in [0.5, 0.6) is 0 Å². The third-order valence-corrected chi connectivity index (χ3v) is 2.90. The number of benzene rings is 1. The van der Waals surface area contributed by atoms with Gasteiger partial charge in [-0.15, -0.1) is 0 Å². The first-order chi connectivity index (χ1) is 6.74. The maximum absolute atomic E-state index is 3.93. The average molecular weight is 185 g/mol. The molecule has 0 heterocycles. The molecule has 0 bridgehead atoms. The molecular weight excluding hydrogens is 168 g/mol. The van der Waals surface area contributed by atoms with E-state index in [1.54, 1.807) is 0 Å². The van der Waals surface area contributed by atoms with Crippen LogP contribution in [0.1, 0.15) is 49.3 Å². The Labute approximate surface area is 86.7 Å². The van der Waals surface area contributed by atoms with E-state index in [9.17, 15) is 0 Å². The van der Waals surface area contributed by atoms with Gasteiger partial charge < -0.3 is 0 Å². The van der Waals surface area contributed by atoms with Gasteiger partial charge in [-0.1, -0.05) is 44.7 Å². The molecule has 0 amide bonds. The fourth-order valence-corrected chi connectivity index (χ4v) is 2.00. The van der Waals surface area contributed by atoms with Gasteiger partial charge >= 0.3 is 0 Å². The van der Waals surface area contributed by atoms with Gasteiger partial charge in [-0.2, -0.15) is 0 Å². The van der Waals surface area contributed by atoms with Gasteiger partial charge in [0, 0.05) is 0 Å². The molecule has 1 aromatic rings. The zero-order valence-corrected chi connectivity index (χ0v) is 9.01. The maximum Gasteiger partial charge on any atom is -0.000580 e. The van der Waals surface area contributed by atoms with E-state index in [0.29, 0.717) is 0 Å². The molecule has 1 radical (unpaired) electrons. The Kier molecular flexibility index (Phi) is 2.45. The van der Waals surface area contributed by atoms with Gasteiger partial charge in [0.2, 0.25) is 0 Å². The Morgan fingerprint density at radius 1 is 1.36 bits per heavy atom. The summed E-state index contributed by atoms with van der Waals surface area (Å²) in [5.74, 6) is 2.18. The molecule has 73 valence electrons. The smallest absolute Gasteiger partial charge is 0.000580 e. The Balaban J connectivity index is 2.49. The summed E-state index contributed by atoms with van der Waals surface area (Å²) >= 11 is 0. The van der Waals surface area contributed by atoms with E-state index in [-0.39, 0.29) is 0 Å². The van der Waals surface area contributed by atoms with Crippen LogP contribution in [0.15, 0.2) is 24.8 Å². The molecule has 1 aliphatic rings. The molecule has 0 unspecified atom stereocenters. The normalized spacial score (nSPS) is 15.9. The first-order valence-corrected chi connectivity index (χ1v) is 5.30. The van der Waals surface area contributed by atoms with Gasteiger partial charge in [-0.3, -0.25) is 0 Å². The van der Waals surface area contributed by atoms with Crippen molar-refractivity contribution in [2.45, 2.75) is 32.6 Å². The van der Waals surface area contributed by atoms with Crippen LogP contribution in [0.4, 0.5) is 0 Å². The summed E-state index contributed by atoms with van der Waals surface area (Å²) in [5.41, 5.74) is 4.22. The molecule has 1 aliphatic carbocycles. The quantitative estimate of drug-likeness (QED) is 0.663. The van der Waals surface area contributed by atoms with E-state index >= 15 is 0 Å². The zero-order chi connectivity index (χ0) is 10.1. The number of rotatable bonds is 3. The fraction of sp³-hybridized carbons (Fsp3) is 0.357. The molecule has 1 saturated carbocycles. The molecular formula is C14H17. The molecule has 0 heteroatoms. The molecule has 1 aromatic carbocycles. The maximum atomic E-state index is 3.93. The lowest BCUT2D eigenvalue weighted by Crippen LogP contribution is -1.96. The van der Waals surface area contributed by atoms with Gasteiger partial charge in [-0.05, 0) is 41.4 Å². The van der Waals surface area contributed by atoms with E-state index in [1.165, 1.54) is 35.4 Å². The van der Waals surface area contributed by atoms with Crippen LogP contribution in [0.25, 0.3) is 6.08 Å². The lowest BCUT2D eigenvalue weighted by atomic mass is 9.91. The van der Waals surface area contributed by atoms with Crippen LogP contribution in [-0.2, 0) is 0 Å². The van der Waals surface area contributed by atoms with Crippen LogP contribution in [0.3, 0.4) is 0 Å². The SMILES string of the molecule is C=Cc1c([C](C)C)cccc1C1CC1. The second kappa shape index (κ2) is 3.61. The second-order valence-electron chi connectivity index (χ2n) is 4.29. The van der Waals surface area contributed by atoms with Crippen LogP contribution < -0.4 is 0 Å². The summed E-state index contributed by atoms with van der Waals surface area (Å²) in [4.78, 5) is 0. The molecule has 2 rings (SSSR count). The first kappa shape index (κ1) is 9.51. The second-order valence-corrected chi connectivity index (χ2v) is 4.29. The van der Waals surface area contributed by atoms with E-state index in [4.69, 9.17) is 0 Å². The zero-order valence-electron chi connectivity index (χ0n) is 9.01. The largest absolute Gasteiger partial charge is 0.0984 e. The Hall–Kier alpha value is -1.04. The fourth-order valence-electron chi connectivity index (χ4n) is 2.00. The minimum Gasteiger partial charge on any atom is -0.0984 e. The third kappa shape index (κ3) is 1.61. The van der Waals surface area contributed by atoms with Gasteiger partial charge in [-0.25, -0.2) is 0 Å². The van der Waals surface area contributed by atoms with Crippen molar-refractivity contribution >= 4 is 6.08 Å². The van der Waals surface area contributed by atoms with E-state index in [0.717, 1.165) is 5.92 Å². The summed E-state index contributed by atoms with van der Waals surface area (Å²) in [6.07, 6.45) is 4.72. The molecule has 0 aliphatic heterocycles. The Morgan fingerprint density at radius 3 is 2.57 bits per heavy atom. The van der Waals surface area contributed by atoms with Crippen molar-refractivity contribution in [2.75, 3.05) is 0 Å². The van der Waals surface area contributed by atoms with Gasteiger partial charge in [0.1, 0.15) is 0 Å². The molecule has 1 fully saturated rings. The van der Waals surface area contributed by atoms with E-state index < -0.39 is 0 Å². The van der Waals surface area contributed by atoms with Crippen molar-refractivity contribution < 1.29 is 0 Å². The molecule has 0 spiro atoms. The number of hydrogen-bond donors (Lipinski definition) is 0. The van der Waals surface area contributed by atoms with E-state index in [1.807, 2.05) is 6.08 Å². The summed E-state index contributed by atoms with van der Waals surface area (Å²) in [5, 5.41) is 0. The highest BCUT2D eigenvalue weighted by atomic mass is 14.3. The minimum absolute atomic E-state index is 0.808. The van der Waals surface area contributed by atoms with Crippen molar-refractivity contribution in [3.63, 3.8) is 0 Å². The standard InChI is InChI=1S/C14H17/c1-4-12-13(10(2)3)6-5-7-14(12)11-8-9-11/h4-7,11H,1,8-9H2,2-3H3. The van der Waals surface area contributed by atoms with Crippen LogP contribution in [-0.4, -0.2) is 0 Å². The Morgan fingerprint density at radius 2 is 2.07 bits per heavy atom. The third-order valence-electron chi connectivity index (χ3n) is 2.90. The predicted octanol–water partition coefficient (Wildman–Crippen LogP) is 4.17. The summed E-state index contributed by atoms with van der Waals surface area (Å²) in [6.45, 7) is 8.26. The van der Waals surface area contributed by atoms with E-state index in [2.05, 4.69) is 38.6 Å². The highest BCUT2D eigenvalue weighted by Crippen LogP contribution is 2.43. The van der Waals surface area contributed by atoms with Crippen molar-refractivity contribution in [1.29, 1.82) is 0 Å². The summed E-state index contributed by atoms with van der Waals surface area (Å²) in [7, 11) is 0. The lowest BCUT2D eigenvalue weighted by Gasteiger charge is -2.13. The van der Waals surface area contributed by atoms with Crippen molar-refractivity contribution in [2.24, 2.45) is 0 Å². The topological polar surface area (TPSA) is 0 Å². The van der Waals surface area contributed by atoms with Crippen molar-refractivity contribution in [3.8, 4) is 0 Å². The highest BCUT2D eigenvalue weighted by molar-refractivity contribution is 5.61.